The second-order valence-electron chi connectivity index (χ2n) is 5.83. The second-order valence-corrected chi connectivity index (χ2v) is 5.83. The lowest BCUT2D eigenvalue weighted by atomic mass is 9.97. The van der Waals surface area contributed by atoms with Crippen LogP contribution in [0.15, 0.2) is 24.4 Å². The maximum atomic E-state index is 12.0. The van der Waals surface area contributed by atoms with Crippen molar-refractivity contribution < 1.29 is 4.79 Å². The Balaban J connectivity index is 1.70. The van der Waals surface area contributed by atoms with Gasteiger partial charge in [0.1, 0.15) is 0 Å². The molecule has 1 aliphatic heterocycles. The normalized spacial score (nSPS) is 18.0. The monoisotopic (exact) mass is 314 g/mol. The zero-order chi connectivity index (χ0) is 16.2. The Labute approximate surface area is 135 Å². The number of hydrogen-bond acceptors (Lipinski definition) is 5. The van der Waals surface area contributed by atoms with Crippen LogP contribution in [-0.2, 0) is 4.79 Å². The van der Waals surface area contributed by atoms with Crippen LogP contribution < -0.4 is 10.2 Å². The van der Waals surface area contributed by atoms with E-state index < -0.39 is 0 Å². The van der Waals surface area contributed by atoms with Gasteiger partial charge in [0, 0.05) is 25.8 Å². The molecule has 1 aliphatic rings. The summed E-state index contributed by atoms with van der Waals surface area (Å²) >= 11 is 0. The molecule has 0 unspecified atom stereocenters. The molecule has 0 spiro atoms. The first kappa shape index (κ1) is 15.5. The van der Waals surface area contributed by atoms with Crippen molar-refractivity contribution in [2.45, 2.75) is 26.7 Å². The fraction of sp³-hybridized carbons (Fsp3) is 0.500. The van der Waals surface area contributed by atoms with Gasteiger partial charge in [-0.3, -0.25) is 4.79 Å². The van der Waals surface area contributed by atoms with Crippen molar-refractivity contribution in [2.75, 3.05) is 24.5 Å². The Hall–Kier alpha value is -2.44. The Kier molecular flexibility index (Phi) is 4.55. The third-order valence-corrected chi connectivity index (χ3v) is 4.06. The summed E-state index contributed by atoms with van der Waals surface area (Å²) in [6.45, 7) is 6.16. The summed E-state index contributed by atoms with van der Waals surface area (Å²) in [6, 6.07) is 5.78. The Morgan fingerprint density at radius 1 is 1.30 bits per heavy atom. The summed E-state index contributed by atoms with van der Waals surface area (Å²) in [5, 5.41) is 15.8. The van der Waals surface area contributed by atoms with Crippen LogP contribution >= 0.6 is 0 Å². The molecular weight excluding hydrogens is 292 g/mol. The summed E-state index contributed by atoms with van der Waals surface area (Å²) in [5.41, 5.74) is 0.941. The molecule has 1 saturated heterocycles. The van der Waals surface area contributed by atoms with E-state index in [2.05, 4.69) is 25.5 Å². The lowest BCUT2D eigenvalue weighted by Gasteiger charge is -2.32. The zero-order valence-corrected chi connectivity index (χ0v) is 13.6. The summed E-state index contributed by atoms with van der Waals surface area (Å²) in [6.07, 6.45) is 3.79. The highest BCUT2D eigenvalue weighted by Gasteiger charge is 2.26. The number of carbonyl (C=O) groups is 1. The molecule has 0 aromatic carbocycles. The highest BCUT2D eigenvalue weighted by molar-refractivity contribution is 5.79. The summed E-state index contributed by atoms with van der Waals surface area (Å²) in [4.78, 5) is 14.2. The standard InChI is InChI=1S/C16H22N6O/c1-3-17-16(23)13-5-4-9-21(11-13)14-6-7-15(19-18-14)22-10-8-12(2)20-22/h6-8,10,13H,3-5,9,11H2,1-2H3,(H,17,23)/t13-/m1/s1. The van der Waals surface area contributed by atoms with E-state index in [9.17, 15) is 4.79 Å². The molecule has 0 radical (unpaired) electrons. The molecule has 7 nitrogen and oxygen atoms in total. The molecule has 2 aromatic heterocycles. The first-order valence-corrected chi connectivity index (χ1v) is 8.06. The van der Waals surface area contributed by atoms with Gasteiger partial charge in [-0.2, -0.15) is 5.10 Å². The molecule has 1 fully saturated rings. The van der Waals surface area contributed by atoms with Gasteiger partial charge in [0.25, 0.3) is 0 Å². The number of anilines is 1. The van der Waals surface area contributed by atoms with E-state index in [-0.39, 0.29) is 11.8 Å². The highest BCUT2D eigenvalue weighted by Crippen LogP contribution is 2.21. The number of carbonyl (C=O) groups excluding carboxylic acids is 1. The lowest BCUT2D eigenvalue weighted by Crippen LogP contribution is -2.43. The number of hydrogen-bond donors (Lipinski definition) is 1. The lowest BCUT2D eigenvalue weighted by molar-refractivity contribution is -0.125. The number of rotatable bonds is 4. The minimum Gasteiger partial charge on any atom is -0.356 e. The second kappa shape index (κ2) is 6.76. The van der Waals surface area contributed by atoms with Crippen molar-refractivity contribution in [3.8, 4) is 5.82 Å². The van der Waals surface area contributed by atoms with Crippen molar-refractivity contribution in [2.24, 2.45) is 5.92 Å². The van der Waals surface area contributed by atoms with Gasteiger partial charge in [0.15, 0.2) is 11.6 Å². The molecule has 1 N–H and O–H groups in total. The van der Waals surface area contributed by atoms with Crippen LogP contribution in [0.2, 0.25) is 0 Å². The topological polar surface area (TPSA) is 75.9 Å². The third-order valence-electron chi connectivity index (χ3n) is 4.06. The molecule has 7 heteroatoms. The number of amides is 1. The fourth-order valence-electron chi connectivity index (χ4n) is 2.87. The summed E-state index contributed by atoms with van der Waals surface area (Å²) < 4.78 is 1.71. The maximum absolute atomic E-state index is 12.0. The van der Waals surface area contributed by atoms with Gasteiger partial charge in [-0.25, -0.2) is 4.68 Å². The SMILES string of the molecule is CCNC(=O)[C@@H]1CCCN(c2ccc(-n3ccc(C)n3)nn2)C1. The van der Waals surface area contributed by atoms with Crippen LogP contribution in [0.3, 0.4) is 0 Å². The Bertz CT molecular complexity index is 665. The van der Waals surface area contributed by atoms with E-state index in [0.717, 1.165) is 30.9 Å². The minimum absolute atomic E-state index is 0.0268. The molecule has 0 bridgehead atoms. The molecule has 23 heavy (non-hydrogen) atoms. The average Bonchev–Trinajstić information content (AvgIpc) is 3.02. The van der Waals surface area contributed by atoms with E-state index >= 15 is 0 Å². The van der Waals surface area contributed by atoms with Crippen molar-refractivity contribution in [3.63, 3.8) is 0 Å². The van der Waals surface area contributed by atoms with E-state index in [1.165, 1.54) is 0 Å². The van der Waals surface area contributed by atoms with Crippen LogP contribution in [0.5, 0.6) is 0 Å². The van der Waals surface area contributed by atoms with E-state index in [1.54, 1.807) is 4.68 Å². The first-order chi connectivity index (χ1) is 11.2. The largest absolute Gasteiger partial charge is 0.356 e. The molecular formula is C16H22N6O. The average molecular weight is 314 g/mol. The van der Waals surface area contributed by atoms with Gasteiger partial charge < -0.3 is 10.2 Å². The molecule has 3 heterocycles. The van der Waals surface area contributed by atoms with E-state index in [4.69, 9.17) is 0 Å². The number of aromatic nitrogens is 4. The molecule has 1 atom stereocenters. The molecule has 0 aliphatic carbocycles. The van der Waals surface area contributed by atoms with Crippen LogP contribution in [0.25, 0.3) is 5.82 Å². The Morgan fingerprint density at radius 2 is 2.09 bits per heavy atom. The van der Waals surface area contributed by atoms with Crippen LogP contribution in [0.4, 0.5) is 5.82 Å². The molecule has 122 valence electrons. The highest BCUT2D eigenvalue weighted by atomic mass is 16.1. The van der Waals surface area contributed by atoms with Crippen LogP contribution in [0.1, 0.15) is 25.5 Å². The number of nitrogens with one attached hydrogen (secondary N) is 1. The predicted molar refractivity (Wildman–Crippen MR) is 87.5 cm³/mol. The van der Waals surface area contributed by atoms with Crippen molar-refractivity contribution in [1.82, 2.24) is 25.3 Å². The number of aryl methyl sites for hydroxylation is 1. The van der Waals surface area contributed by atoms with E-state index in [0.29, 0.717) is 18.9 Å². The fourth-order valence-corrected chi connectivity index (χ4v) is 2.87. The molecule has 0 saturated carbocycles. The first-order valence-electron chi connectivity index (χ1n) is 8.06. The summed E-state index contributed by atoms with van der Waals surface area (Å²) in [7, 11) is 0. The quantitative estimate of drug-likeness (QED) is 0.921. The van der Waals surface area contributed by atoms with Gasteiger partial charge in [0.2, 0.25) is 5.91 Å². The van der Waals surface area contributed by atoms with Crippen LogP contribution in [-0.4, -0.2) is 45.5 Å². The van der Waals surface area contributed by atoms with E-state index in [1.807, 2.05) is 38.2 Å². The van der Waals surface area contributed by atoms with Gasteiger partial charge in [-0.1, -0.05) is 0 Å². The van der Waals surface area contributed by atoms with Gasteiger partial charge >= 0.3 is 0 Å². The van der Waals surface area contributed by atoms with Gasteiger partial charge in [0.05, 0.1) is 11.6 Å². The smallest absolute Gasteiger partial charge is 0.224 e. The van der Waals surface area contributed by atoms with Crippen molar-refractivity contribution in [1.29, 1.82) is 0 Å². The van der Waals surface area contributed by atoms with Crippen molar-refractivity contribution in [3.05, 3.63) is 30.1 Å². The maximum Gasteiger partial charge on any atom is 0.224 e. The Morgan fingerprint density at radius 3 is 2.74 bits per heavy atom. The van der Waals surface area contributed by atoms with Gasteiger partial charge in [-0.15, -0.1) is 10.2 Å². The number of piperidine rings is 1. The number of nitrogens with zero attached hydrogens (tertiary/aromatic N) is 5. The summed E-state index contributed by atoms with van der Waals surface area (Å²) in [5.74, 6) is 1.67. The molecule has 1 amide bonds. The molecule has 3 rings (SSSR count). The third kappa shape index (κ3) is 3.49. The predicted octanol–water partition coefficient (Wildman–Crippen LogP) is 1.32. The van der Waals surface area contributed by atoms with Crippen LogP contribution in [0, 0.1) is 12.8 Å². The van der Waals surface area contributed by atoms with Crippen molar-refractivity contribution >= 4 is 11.7 Å². The molecule has 2 aromatic rings. The van der Waals surface area contributed by atoms with Gasteiger partial charge in [-0.05, 0) is 44.9 Å². The zero-order valence-electron chi connectivity index (χ0n) is 13.6. The minimum atomic E-state index is 0.0268.